The van der Waals surface area contributed by atoms with Gasteiger partial charge in [0.05, 0.1) is 6.07 Å². The van der Waals surface area contributed by atoms with Crippen molar-refractivity contribution in [3.63, 3.8) is 0 Å². The number of carbonyl (C=O) groups is 2. The number of imide groups is 1. The third-order valence-electron chi connectivity index (χ3n) is 3.54. The van der Waals surface area contributed by atoms with Crippen molar-refractivity contribution in [1.82, 2.24) is 15.1 Å². The van der Waals surface area contributed by atoms with Crippen LogP contribution >= 0.6 is 0 Å². The van der Waals surface area contributed by atoms with E-state index in [-0.39, 0.29) is 17.4 Å². The molecule has 124 valence electrons. The summed E-state index contributed by atoms with van der Waals surface area (Å²) >= 11 is 0. The summed E-state index contributed by atoms with van der Waals surface area (Å²) in [5, 5.41) is 11.4. The van der Waals surface area contributed by atoms with Crippen LogP contribution in [0.3, 0.4) is 0 Å². The Morgan fingerprint density at radius 1 is 1.27 bits per heavy atom. The average molecular weight is 308 g/mol. The van der Waals surface area contributed by atoms with E-state index in [4.69, 9.17) is 5.26 Å². The van der Waals surface area contributed by atoms with E-state index in [1.54, 1.807) is 13.8 Å². The van der Waals surface area contributed by atoms with Crippen molar-refractivity contribution >= 4 is 11.9 Å². The quantitative estimate of drug-likeness (QED) is 0.730. The van der Waals surface area contributed by atoms with Crippen molar-refractivity contribution in [2.75, 3.05) is 26.2 Å². The molecule has 0 aliphatic carbocycles. The number of nitriles is 1. The fourth-order valence-electron chi connectivity index (χ4n) is 2.62. The minimum Gasteiger partial charge on any atom is -0.324 e. The monoisotopic (exact) mass is 308 g/mol. The summed E-state index contributed by atoms with van der Waals surface area (Å²) in [6.45, 7) is 12.7. The molecule has 1 rings (SSSR count). The third-order valence-corrected chi connectivity index (χ3v) is 3.54. The molecule has 0 unspecified atom stereocenters. The van der Waals surface area contributed by atoms with Crippen LogP contribution in [0.25, 0.3) is 0 Å². The summed E-state index contributed by atoms with van der Waals surface area (Å²) < 4.78 is 0. The Morgan fingerprint density at radius 3 is 2.36 bits per heavy atom. The number of nitrogens with one attached hydrogen (secondary N) is 1. The normalized spacial score (nSPS) is 17.8. The van der Waals surface area contributed by atoms with Crippen molar-refractivity contribution in [2.45, 2.75) is 53.0 Å². The van der Waals surface area contributed by atoms with Crippen LogP contribution in [0.15, 0.2) is 0 Å². The molecule has 1 aliphatic rings. The van der Waals surface area contributed by atoms with Gasteiger partial charge in [-0.25, -0.2) is 4.79 Å². The molecule has 1 N–H and O–H groups in total. The van der Waals surface area contributed by atoms with Crippen molar-refractivity contribution < 1.29 is 9.59 Å². The zero-order valence-corrected chi connectivity index (χ0v) is 14.4. The first kappa shape index (κ1) is 18.4. The SMILES string of the molecule is CC(C)(C)CN(CCC#N)CCCN1C(=O)NC(C)(C)C1=O. The lowest BCUT2D eigenvalue weighted by Gasteiger charge is -2.29. The zero-order chi connectivity index (χ0) is 17.0. The molecule has 0 spiro atoms. The first-order valence-corrected chi connectivity index (χ1v) is 7.80. The minimum absolute atomic E-state index is 0.151. The van der Waals surface area contributed by atoms with Gasteiger partial charge in [-0.3, -0.25) is 9.69 Å². The summed E-state index contributed by atoms with van der Waals surface area (Å²) in [5.41, 5.74) is -0.652. The van der Waals surface area contributed by atoms with E-state index >= 15 is 0 Å². The first-order chi connectivity index (χ1) is 10.1. The lowest BCUT2D eigenvalue weighted by atomic mass is 9.96. The number of hydrogen-bond donors (Lipinski definition) is 1. The summed E-state index contributed by atoms with van der Waals surface area (Å²) in [6, 6.07) is 1.86. The molecule has 1 saturated heterocycles. The van der Waals surface area contributed by atoms with Crippen LogP contribution in [0.1, 0.15) is 47.5 Å². The van der Waals surface area contributed by atoms with Crippen LogP contribution < -0.4 is 5.32 Å². The number of amides is 3. The Hall–Kier alpha value is -1.61. The number of hydrogen-bond acceptors (Lipinski definition) is 4. The van der Waals surface area contributed by atoms with Gasteiger partial charge < -0.3 is 10.2 Å². The second-order valence-corrected chi connectivity index (χ2v) is 7.61. The van der Waals surface area contributed by atoms with Gasteiger partial charge in [0.15, 0.2) is 0 Å². The number of carbonyl (C=O) groups excluding carboxylic acids is 2. The largest absolute Gasteiger partial charge is 0.325 e. The van der Waals surface area contributed by atoms with Gasteiger partial charge in [0.2, 0.25) is 0 Å². The predicted octanol–water partition coefficient (Wildman–Crippen LogP) is 1.97. The van der Waals surface area contributed by atoms with Crippen LogP contribution in [0.4, 0.5) is 4.79 Å². The molecule has 0 bridgehead atoms. The first-order valence-electron chi connectivity index (χ1n) is 7.80. The molecule has 1 fully saturated rings. The summed E-state index contributed by atoms with van der Waals surface area (Å²) in [6.07, 6.45) is 1.21. The van der Waals surface area contributed by atoms with Gasteiger partial charge in [-0.15, -0.1) is 0 Å². The molecule has 0 aromatic rings. The summed E-state index contributed by atoms with van der Waals surface area (Å²) in [5.74, 6) is -0.170. The maximum atomic E-state index is 12.1. The summed E-state index contributed by atoms with van der Waals surface area (Å²) in [4.78, 5) is 27.4. The highest BCUT2D eigenvalue weighted by Crippen LogP contribution is 2.18. The Labute approximate surface area is 133 Å². The average Bonchev–Trinajstić information content (AvgIpc) is 2.55. The van der Waals surface area contributed by atoms with Crippen LogP contribution in [0.2, 0.25) is 0 Å². The maximum Gasteiger partial charge on any atom is 0.325 e. The molecule has 22 heavy (non-hydrogen) atoms. The second-order valence-electron chi connectivity index (χ2n) is 7.61. The van der Waals surface area contributed by atoms with E-state index in [2.05, 4.69) is 37.1 Å². The minimum atomic E-state index is -0.803. The fraction of sp³-hybridized carbons (Fsp3) is 0.812. The van der Waals surface area contributed by atoms with Crippen molar-refractivity contribution in [1.29, 1.82) is 5.26 Å². The Bertz CT molecular complexity index is 460. The van der Waals surface area contributed by atoms with E-state index < -0.39 is 5.54 Å². The third kappa shape index (κ3) is 5.30. The molecule has 0 aromatic heterocycles. The van der Waals surface area contributed by atoms with Gasteiger partial charge in [0, 0.05) is 26.1 Å². The molecule has 6 heteroatoms. The van der Waals surface area contributed by atoms with Crippen molar-refractivity contribution in [3.05, 3.63) is 0 Å². The molecule has 6 nitrogen and oxygen atoms in total. The molecule has 3 amide bonds. The molecule has 1 aliphatic heterocycles. The van der Waals surface area contributed by atoms with E-state index in [0.29, 0.717) is 13.0 Å². The lowest BCUT2D eigenvalue weighted by molar-refractivity contribution is -0.130. The van der Waals surface area contributed by atoms with E-state index in [1.165, 1.54) is 4.90 Å². The van der Waals surface area contributed by atoms with Crippen molar-refractivity contribution in [2.24, 2.45) is 5.41 Å². The van der Waals surface area contributed by atoms with E-state index in [9.17, 15) is 9.59 Å². The highest BCUT2D eigenvalue weighted by atomic mass is 16.2. The number of nitrogens with zero attached hydrogens (tertiary/aromatic N) is 3. The highest BCUT2D eigenvalue weighted by Gasteiger charge is 2.43. The molecule has 0 atom stereocenters. The number of urea groups is 1. The fourth-order valence-corrected chi connectivity index (χ4v) is 2.62. The van der Waals surface area contributed by atoms with E-state index in [1.807, 2.05) is 0 Å². The van der Waals surface area contributed by atoms with Crippen molar-refractivity contribution in [3.8, 4) is 6.07 Å². The Kier molecular flexibility index (Phi) is 5.95. The topological polar surface area (TPSA) is 76.4 Å². The van der Waals surface area contributed by atoms with E-state index in [0.717, 1.165) is 26.1 Å². The van der Waals surface area contributed by atoms with Crippen LogP contribution in [-0.2, 0) is 4.79 Å². The van der Waals surface area contributed by atoms with Gasteiger partial charge in [-0.2, -0.15) is 5.26 Å². The van der Waals surface area contributed by atoms with Gasteiger partial charge >= 0.3 is 6.03 Å². The molecule has 1 heterocycles. The molecule has 0 radical (unpaired) electrons. The lowest BCUT2D eigenvalue weighted by Crippen LogP contribution is -2.41. The van der Waals surface area contributed by atoms with Crippen LogP contribution in [-0.4, -0.2) is 53.5 Å². The molecule has 0 saturated carbocycles. The van der Waals surface area contributed by atoms with Gasteiger partial charge in [-0.05, 0) is 32.2 Å². The van der Waals surface area contributed by atoms with Gasteiger partial charge in [-0.1, -0.05) is 20.8 Å². The molecule has 0 aromatic carbocycles. The molecular formula is C16H28N4O2. The highest BCUT2D eigenvalue weighted by molar-refractivity contribution is 6.06. The Morgan fingerprint density at radius 2 is 1.91 bits per heavy atom. The van der Waals surface area contributed by atoms with Crippen LogP contribution in [0.5, 0.6) is 0 Å². The number of rotatable bonds is 7. The standard InChI is InChI=1S/C16H28N4O2/c1-15(2,3)12-19(9-6-8-17)10-7-11-20-13(21)16(4,5)18-14(20)22/h6-7,9-12H2,1-5H3,(H,18,22). The predicted molar refractivity (Wildman–Crippen MR) is 85.1 cm³/mol. The Balaban J connectivity index is 2.50. The zero-order valence-electron chi connectivity index (χ0n) is 14.4. The van der Waals surface area contributed by atoms with Gasteiger partial charge in [0.25, 0.3) is 5.91 Å². The molecular weight excluding hydrogens is 280 g/mol. The maximum absolute atomic E-state index is 12.1. The van der Waals surface area contributed by atoms with Gasteiger partial charge in [0.1, 0.15) is 5.54 Å². The second kappa shape index (κ2) is 7.10. The smallest absolute Gasteiger partial charge is 0.324 e. The van der Waals surface area contributed by atoms with Crippen LogP contribution in [0, 0.1) is 16.7 Å². The summed E-state index contributed by atoms with van der Waals surface area (Å²) in [7, 11) is 0.